The summed E-state index contributed by atoms with van der Waals surface area (Å²) in [5, 5.41) is 3.35. The zero-order valence-corrected chi connectivity index (χ0v) is 9.05. The Morgan fingerprint density at radius 1 is 1.23 bits per heavy atom. The summed E-state index contributed by atoms with van der Waals surface area (Å²) in [5.41, 5.74) is 0. The fourth-order valence-corrected chi connectivity index (χ4v) is 1.56. The van der Waals surface area contributed by atoms with Crippen LogP contribution in [0.5, 0.6) is 0 Å². The molecule has 0 saturated carbocycles. The van der Waals surface area contributed by atoms with Gasteiger partial charge in [0.05, 0.1) is 12.7 Å². The number of hydrogen-bond acceptors (Lipinski definition) is 3. The average Bonchev–Trinajstić information content (AvgIpc) is 2.15. The van der Waals surface area contributed by atoms with E-state index in [1.54, 1.807) is 0 Å². The number of rotatable bonds is 4. The van der Waals surface area contributed by atoms with Gasteiger partial charge in [-0.1, -0.05) is 0 Å². The van der Waals surface area contributed by atoms with Crippen LogP contribution in [0.3, 0.4) is 0 Å². The van der Waals surface area contributed by atoms with Crippen molar-refractivity contribution in [2.75, 3.05) is 32.8 Å². The van der Waals surface area contributed by atoms with Gasteiger partial charge in [-0.2, -0.15) is 0 Å². The van der Waals surface area contributed by atoms with Crippen molar-refractivity contribution in [2.24, 2.45) is 0 Å². The van der Waals surface area contributed by atoms with Gasteiger partial charge in [-0.05, 0) is 20.8 Å². The molecule has 0 amide bonds. The highest BCUT2D eigenvalue weighted by Gasteiger charge is 2.16. The zero-order chi connectivity index (χ0) is 9.68. The lowest BCUT2D eigenvalue weighted by Gasteiger charge is -2.32. The Kier molecular flexibility index (Phi) is 4.70. The first-order valence-electron chi connectivity index (χ1n) is 5.26. The van der Waals surface area contributed by atoms with Crippen LogP contribution >= 0.6 is 0 Å². The average molecular weight is 186 g/mol. The van der Waals surface area contributed by atoms with Crippen LogP contribution in [0.15, 0.2) is 0 Å². The maximum atomic E-state index is 5.59. The molecular formula is C10H22N2O. The molecule has 1 fully saturated rings. The zero-order valence-electron chi connectivity index (χ0n) is 9.05. The van der Waals surface area contributed by atoms with E-state index in [9.17, 15) is 0 Å². The molecule has 0 aliphatic carbocycles. The van der Waals surface area contributed by atoms with Gasteiger partial charge in [0.1, 0.15) is 0 Å². The third kappa shape index (κ3) is 4.07. The highest BCUT2D eigenvalue weighted by molar-refractivity contribution is 4.73. The molecule has 78 valence electrons. The second-order valence-corrected chi connectivity index (χ2v) is 4.02. The fourth-order valence-electron chi connectivity index (χ4n) is 1.56. The maximum absolute atomic E-state index is 5.59. The molecule has 1 atom stereocenters. The Morgan fingerprint density at radius 3 is 2.38 bits per heavy atom. The van der Waals surface area contributed by atoms with Gasteiger partial charge in [0.2, 0.25) is 0 Å². The Morgan fingerprint density at radius 2 is 1.85 bits per heavy atom. The van der Waals surface area contributed by atoms with Gasteiger partial charge in [0.15, 0.2) is 0 Å². The summed E-state index contributed by atoms with van der Waals surface area (Å²) in [6, 6.07) is 0.560. The van der Waals surface area contributed by atoms with Crippen LogP contribution < -0.4 is 5.32 Å². The molecule has 0 spiro atoms. The third-order valence-electron chi connectivity index (χ3n) is 2.45. The van der Waals surface area contributed by atoms with E-state index in [-0.39, 0.29) is 0 Å². The molecule has 1 heterocycles. The number of nitrogens with zero attached hydrogens (tertiary/aromatic N) is 1. The Bertz CT molecular complexity index is 133. The van der Waals surface area contributed by atoms with Gasteiger partial charge in [0.25, 0.3) is 0 Å². The molecule has 0 radical (unpaired) electrons. The van der Waals surface area contributed by atoms with E-state index < -0.39 is 0 Å². The molecule has 1 N–H and O–H groups in total. The lowest BCUT2D eigenvalue weighted by molar-refractivity contribution is 0.0269. The van der Waals surface area contributed by atoms with E-state index in [0.29, 0.717) is 12.1 Å². The normalized spacial score (nSPS) is 22.2. The van der Waals surface area contributed by atoms with E-state index in [2.05, 4.69) is 31.0 Å². The largest absolute Gasteiger partial charge is 0.377 e. The predicted molar refractivity (Wildman–Crippen MR) is 55.0 cm³/mol. The minimum atomic E-state index is 0.352. The summed E-state index contributed by atoms with van der Waals surface area (Å²) in [4.78, 5) is 2.49. The van der Waals surface area contributed by atoms with Crippen LogP contribution in [0.1, 0.15) is 20.8 Å². The van der Waals surface area contributed by atoms with Crippen molar-refractivity contribution >= 4 is 0 Å². The summed E-state index contributed by atoms with van der Waals surface area (Å²) >= 11 is 0. The molecule has 1 unspecified atom stereocenters. The molecule has 13 heavy (non-hydrogen) atoms. The van der Waals surface area contributed by atoms with Gasteiger partial charge < -0.3 is 10.1 Å². The van der Waals surface area contributed by atoms with Gasteiger partial charge in [0, 0.05) is 32.2 Å². The molecule has 3 nitrogen and oxygen atoms in total. The second kappa shape index (κ2) is 5.58. The SMILES string of the molecule is CC(C)OCC(C)N1CCNCC1. The van der Waals surface area contributed by atoms with Crippen LogP contribution in [-0.4, -0.2) is 49.8 Å². The third-order valence-corrected chi connectivity index (χ3v) is 2.45. The van der Waals surface area contributed by atoms with Gasteiger partial charge in [-0.15, -0.1) is 0 Å². The van der Waals surface area contributed by atoms with Gasteiger partial charge in [-0.25, -0.2) is 0 Å². The quantitative estimate of drug-likeness (QED) is 0.699. The molecule has 1 aliphatic heterocycles. The summed E-state index contributed by atoms with van der Waals surface area (Å²) in [5.74, 6) is 0. The van der Waals surface area contributed by atoms with Gasteiger partial charge in [-0.3, -0.25) is 4.90 Å². The van der Waals surface area contributed by atoms with Crippen molar-refractivity contribution in [3.05, 3.63) is 0 Å². The van der Waals surface area contributed by atoms with Crippen LogP contribution in [0.2, 0.25) is 0 Å². The van der Waals surface area contributed by atoms with Crippen LogP contribution in [-0.2, 0) is 4.74 Å². The predicted octanol–water partition coefficient (Wildman–Crippen LogP) is 0.705. The van der Waals surface area contributed by atoms with Crippen molar-refractivity contribution in [3.63, 3.8) is 0 Å². The lowest BCUT2D eigenvalue weighted by Crippen LogP contribution is -2.49. The van der Waals surface area contributed by atoms with Crippen LogP contribution in [0.4, 0.5) is 0 Å². The molecule has 0 aromatic rings. The topological polar surface area (TPSA) is 24.5 Å². The molecule has 3 heteroatoms. The van der Waals surface area contributed by atoms with Crippen molar-refractivity contribution in [1.29, 1.82) is 0 Å². The van der Waals surface area contributed by atoms with Crippen LogP contribution in [0, 0.1) is 0 Å². The molecule has 0 aromatic carbocycles. The van der Waals surface area contributed by atoms with E-state index in [0.717, 1.165) is 32.8 Å². The smallest absolute Gasteiger partial charge is 0.0622 e. The van der Waals surface area contributed by atoms with E-state index in [1.165, 1.54) is 0 Å². The first-order chi connectivity index (χ1) is 6.20. The molecule has 1 rings (SSSR count). The summed E-state index contributed by atoms with van der Waals surface area (Å²) in [7, 11) is 0. The number of ether oxygens (including phenoxy) is 1. The monoisotopic (exact) mass is 186 g/mol. The minimum absolute atomic E-state index is 0.352. The lowest BCUT2D eigenvalue weighted by atomic mass is 10.2. The number of nitrogens with one attached hydrogen (secondary N) is 1. The van der Waals surface area contributed by atoms with Crippen molar-refractivity contribution in [2.45, 2.75) is 32.9 Å². The standard InChI is InChI=1S/C10H22N2O/c1-9(2)13-8-10(3)12-6-4-11-5-7-12/h9-11H,4-8H2,1-3H3. The molecule has 0 aromatic heterocycles. The Hall–Kier alpha value is -0.120. The number of hydrogen-bond donors (Lipinski definition) is 1. The van der Waals surface area contributed by atoms with E-state index in [4.69, 9.17) is 4.74 Å². The van der Waals surface area contributed by atoms with Crippen molar-refractivity contribution in [3.8, 4) is 0 Å². The Balaban J connectivity index is 2.17. The second-order valence-electron chi connectivity index (χ2n) is 4.02. The highest BCUT2D eigenvalue weighted by atomic mass is 16.5. The maximum Gasteiger partial charge on any atom is 0.0622 e. The summed E-state index contributed by atoms with van der Waals surface area (Å²) in [6.45, 7) is 11.8. The van der Waals surface area contributed by atoms with Crippen molar-refractivity contribution in [1.82, 2.24) is 10.2 Å². The first-order valence-corrected chi connectivity index (χ1v) is 5.26. The van der Waals surface area contributed by atoms with Crippen molar-refractivity contribution < 1.29 is 4.74 Å². The fraction of sp³-hybridized carbons (Fsp3) is 1.00. The summed E-state index contributed by atoms with van der Waals surface area (Å²) in [6.07, 6.45) is 0.352. The molecular weight excluding hydrogens is 164 g/mol. The summed E-state index contributed by atoms with van der Waals surface area (Å²) < 4.78 is 5.59. The molecule has 1 aliphatic rings. The first kappa shape index (κ1) is 11.0. The molecule has 0 bridgehead atoms. The molecule has 1 saturated heterocycles. The minimum Gasteiger partial charge on any atom is -0.377 e. The Labute approximate surface area is 81.4 Å². The number of piperazine rings is 1. The highest BCUT2D eigenvalue weighted by Crippen LogP contribution is 2.02. The van der Waals surface area contributed by atoms with Crippen LogP contribution in [0.25, 0.3) is 0 Å². The van der Waals surface area contributed by atoms with E-state index in [1.807, 2.05) is 0 Å². The van der Waals surface area contributed by atoms with Gasteiger partial charge >= 0.3 is 0 Å². The van der Waals surface area contributed by atoms with E-state index >= 15 is 0 Å².